The van der Waals surface area contributed by atoms with Crippen molar-refractivity contribution in [3.63, 3.8) is 0 Å². The van der Waals surface area contributed by atoms with E-state index in [2.05, 4.69) is 10.4 Å². The molecule has 3 N–H and O–H groups in total. The maximum Gasteiger partial charge on any atom is 0.224 e. The van der Waals surface area contributed by atoms with Gasteiger partial charge in [-0.05, 0) is 45.0 Å². The number of nitrogens with one attached hydrogen (secondary N) is 1. The summed E-state index contributed by atoms with van der Waals surface area (Å²) >= 11 is 12.0. The van der Waals surface area contributed by atoms with E-state index in [0.717, 1.165) is 29.1 Å². The van der Waals surface area contributed by atoms with Crippen LogP contribution in [0.25, 0.3) is 5.69 Å². The maximum absolute atomic E-state index is 12.0. The lowest BCUT2D eigenvalue weighted by atomic mass is 10.1. The standard InChI is InChI=1S/C16H20Cl2N4O.ClH/c1-10-13(9-16(23)20-7-3-6-19)11(2)22(21-10)12-4-5-14(17)15(18)8-12;/h4-5,8H,3,6-7,9,19H2,1-2H3,(H,20,23);1H. The molecule has 0 aliphatic heterocycles. The summed E-state index contributed by atoms with van der Waals surface area (Å²) in [5.41, 5.74) is 8.89. The van der Waals surface area contributed by atoms with E-state index in [1.54, 1.807) is 16.8 Å². The molecular formula is C16H21Cl3N4O. The molecule has 0 saturated heterocycles. The molecule has 8 heteroatoms. The fourth-order valence-corrected chi connectivity index (χ4v) is 2.64. The summed E-state index contributed by atoms with van der Waals surface area (Å²) in [5, 5.41) is 8.34. The molecule has 0 bridgehead atoms. The van der Waals surface area contributed by atoms with Crippen LogP contribution in [0.4, 0.5) is 0 Å². The third-order valence-electron chi connectivity index (χ3n) is 3.63. The Balaban J connectivity index is 0.00000288. The number of aryl methyl sites for hydroxylation is 1. The van der Waals surface area contributed by atoms with Gasteiger partial charge in [-0.3, -0.25) is 4.79 Å². The van der Waals surface area contributed by atoms with Gasteiger partial charge in [-0.1, -0.05) is 23.2 Å². The number of carbonyl (C=O) groups excluding carboxylic acids is 1. The third-order valence-corrected chi connectivity index (χ3v) is 4.37. The van der Waals surface area contributed by atoms with E-state index in [0.29, 0.717) is 29.6 Å². The minimum absolute atomic E-state index is 0. The van der Waals surface area contributed by atoms with Crippen molar-refractivity contribution in [1.29, 1.82) is 0 Å². The van der Waals surface area contributed by atoms with E-state index >= 15 is 0 Å². The first-order chi connectivity index (χ1) is 10.9. The molecule has 0 atom stereocenters. The van der Waals surface area contributed by atoms with Gasteiger partial charge in [0.05, 0.1) is 27.8 Å². The van der Waals surface area contributed by atoms with Crippen molar-refractivity contribution in [2.45, 2.75) is 26.7 Å². The number of benzene rings is 1. The van der Waals surface area contributed by atoms with Crippen molar-refractivity contribution in [1.82, 2.24) is 15.1 Å². The second-order valence-corrected chi connectivity index (χ2v) is 6.14. The molecule has 24 heavy (non-hydrogen) atoms. The second kappa shape index (κ2) is 9.28. The fraction of sp³-hybridized carbons (Fsp3) is 0.375. The van der Waals surface area contributed by atoms with Crippen molar-refractivity contribution in [3.05, 3.63) is 45.2 Å². The average molecular weight is 392 g/mol. The zero-order chi connectivity index (χ0) is 17.0. The predicted octanol–water partition coefficient (Wildman–Crippen LogP) is 3.23. The van der Waals surface area contributed by atoms with Crippen LogP contribution in [0.3, 0.4) is 0 Å². The highest BCUT2D eigenvalue weighted by Gasteiger charge is 2.16. The van der Waals surface area contributed by atoms with Crippen molar-refractivity contribution >= 4 is 41.5 Å². The normalized spacial score (nSPS) is 10.4. The number of hydrogen-bond acceptors (Lipinski definition) is 3. The summed E-state index contributed by atoms with van der Waals surface area (Å²) in [6.07, 6.45) is 1.07. The van der Waals surface area contributed by atoms with Gasteiger partial charge in [0.2, 0.25) is 5.91 Å². The van der Waals surface area contributed by atoms with Crippen LogP contribution in [0, 0.1) is 13.8 Å². The smallest absolute Gasteiger partial charge is 0.224 e. The molecule has 0 unspecified atom stereocenters. The quantitative estimate of drug-likeness (QED) is 0.743. The topological polar surface area (TPSA) is 72.9 Å². The minimum Gasteiger partial charge on any atom is -0.356 e. The number of amides is 1. The summed E-state index contributed by atoms with van der Waals surface area (Å²) in [6.45, 7) is 4.98. The molecule has 2 rings (SSSR count). The van der Waals surface area contributed by atoms with Crippen LogP contribution in [0.5, 0.6) is 0 Å². The van der Waals surface area contributed by atoms with Crippen molar-refractivity contribution in [2.75, 3.05) is 13.1 Å². The van der Waals surface area contributed by atoms with Gasteiger partial charge in [-0.15, -0.1) is 12.4 Å². The van der Waals surface area contributed by atoms with E-state index in [1.807, 2.05) is 19.9 Å². The zero-order valence-corrected chi connectivity index (χ0v) is 15.9. The van der Waals surface area contributed by atoms with Gasteiger partial charge < -0.3 is 11.1 Å². The molecule has 0 radical (unpaired) electrons. The first-order valence-electron chi connectivity index (χ1n) is 7.41. The van der Waals surface area contributed by atoms with E-state index in [4.69, 9.17) is 28.9 Å². The molecular weight excluding hydrogens is 371 g/mol. The summed E-state index contributed by atoms with van der Waals surface area (Å²) in [6, 6.07) is 5.34. The van der Waals surface area contributed by atoms with Gasteiger partial charge in [0.25, 0.3) is 0 Å². The number of aromatic nitrogens is 2. The molecule has 1 heterocycles. The Morgan fingerprint density at radius 1 is 1.29 bits per heavy atom. The predicted molar refractivity (Wildman–Crippen MR) is 101 cm³/mol. The van der Waals surface area contributed by atoms with Gasteiger partial charge in [-0.25, -0.2) is 4.68 Å². The van der Waals surface area contributed by atoms with E-state index in [9.17, 15) is 4.79 Å². The number of nitrogens with zero attached hydrogens (tertiary/aromatic N) is 2. The number of rotatable bonds is 6. The number of carbonyl (C=O) groups is 1. The van der Waals surface area contributed by atoms with E-state index in [1.165, 1.54) is 0 Å². The van der Waals surface area contributed by atoms with Crippen molar-refractivity contribution in [3.8, 4) is 5.69 Å². The highest BCUT2D eigenvalue weighted by molar-refractivity contribution is 6.42. The molecule has 1 amide bonds. The summed E-state index contributed by atoms with van der Waals surface area (Å²) in [7, 11) is 0. The van der Waals surface area contributed by atoms with Crippen LogP contribution in [-0.4, -0.2) is 28.8 Å². The average Bonchev–Trinajstić information content (AvgIpc) is 2.78. The number of halogens is 3. The Labute approximate surface area is 157 Å². The van der Waals surface area contributed by atoms with Crippen molar-refractivity contribution in [2.24, 2.45) is 5.73 Å². The largest absolute Gasteiger partial charge is 0.356 e. The van der Waals surface area contributed by atoms with E-state index < -0.39 is 0 Å². The molecule has 132 valence electrons. The van der Waals surface area contributed by atoms with Crippen molar-refractivity contribution < 1.29 is 4.79 Å². The molecule has 1 aromatic carbocycles. The van der Waals surface area contributed by atoms with Crippen LogP contribution in [0.2, 0.25) is 10.0 Å². The first kappa shape index (κ1) is 20.8. The summed E-state index contributed by atoms with van der Waals surface area (Å²) < 4.78 is 1.78. The molecule has 0 fully saturated rings. The molecule has 0 aliphatic rings. The Hall–Kier alpha value is -1.27. The third kappa shape index (κ3) is 4.86. The monoisotopic (exact) mass is 390 g/mol. The Morgan fingerprint density at radius 2 is 2.00 bits per heavy atom. The van der Waals surface area contributed by atoms with Crippen LogP contribution < -0.4 is 11.1 Å². The molecule has 1 aromatic heterocycles. The van der Waals surface area contributed by atoms with Gasteiger partial charge in [0, 0.05) is 17.8 Å². The van der Waals surface area contributed by atoms with E-state index in [-0.39, 0.29) is 18.3 Å². The summed E-state index contributed by atoms with van der Waals surface area (Å²) in [5.74, 6) is -0.0293. The number of hydrogen-bond donors (Lipinski definition) is 2. The van der Waals surface area contributed by atoms with Gasteiger partial charge in [0.1, 0.15) is 0 Å². The SMILES string of the molecule is Cc1nn(-c2ccc(Cl)c(Cl)c2)c(C)c1CC(=O)NCCCN.Cl. The molecule has 0 saturated carbocycles. The highest BCUT2D eigenvalue weighted by atomic mass is 35.5. The minimum atomic E-state index is -0.0293. The second-order valence-electron chi connectivity index (χ2n) is 5.33. The Morgan fingerprint density at radius 3 is 2.62 bits per heavy atom. The molecule has 0 spiro atoms. The molecule has 2 aromatic rings. The summed E-state index contributed by atoms with van der Waals surface area (Å²) in [4.78, 5) is 12.0. The van der Waals surface area contributed by atoms with Crippen LogP contribution in [0.1, 0.15) is 23.4 Å². The maximum atomic E-state index is 12.0. The van der Waals surface area contributed by atoms with Crippen LogP contribution >= 0.6 is 35.6 Å². The van der Waals surface area contributed by atoms with Gasteiger partial charge >= 0.3 is 0 Å². The first-order valence-corrected chi connectivity index (χ1v) is 8.17. The Kier molecular flexibility index (Phi) is 8.03. The lowest BCUT2D eigenvalue weighted by molar-refractivity contribution is -0.120. The molecule has 5 nitrogen and oxygen atoms in total. The molecule has 0 aliphatic carbocycles. The zero-order valence-electron chi connectivity index (χ0n) is 13.6. The Bertz CT molecular complexity index is 716. The fourth-order valence-electron chi connectivity index (χ4n) is 2.35. The lowest BCUT2D eigenvalue weighted by Gasteiger charge is -2.07. The number of nitrogens with two attached hydrogens (primary N) is 1. The highest BCUT2D eigenvalue weighted by Crippen LogP contribution is 2.26. The van der Waals surface area contributed by atoms with Gasteiger partial charge in [0.15, 0.2) is 0 Å². The van der Waals surface area contributed by atoms with Crippen LogP contribution in [0.15, 0.2) is 18.2 Å². The van der Waals surface area contributed by atoms with Crippen LogP contribution in [-0.2, 0) is 11.2 Å². The lowest BCUT2D eigenvalue weighted by Crippen LogP contribution is -2.27. The van der Waals surface area contributed by atoms with Gasteiger partial charge in [-0.2, -0.15) is 5.10 Å².